The van der Waals surface area contributed by atoms with Gasteiger partial charge in [0.25, 0.3) is 5.56 Å². The molecule has 2 heterocycles. The van der Waals surface area contributed by atoms with E-state index in [1.807, 2.05) is 0 Å². The molecule has 0 radical (unpaired) electrons. The number of carbonyl (C=O) groups is 1. The third kappa shape index (κ3) is 2.46. The number of aromatic nitrogens is 2. The molecule has 0 atom stereocenters. The van der Waals surface area contributed by atoms with Crippen LogP contribution in [-0.4, -0.2) is 43.0 Å². The first-order chi connectivity index (χ1) is 11.4. The number of sulfone groups is 1. The van der Waals surface area contributed by atoms with E-state index >= 15 is 0 Å². The zero-order chi connectivity index (χ0) is 17.5. The third-order valence-electron chi connectivity index (χ3n) is 4.00. The Labute approximate surface area is 137 Å². The van der Waals surface area contributed by atoms with Gasteiger partial charge in [-0.05, 0) is 24.6 Å². The van der Waals surface area contributed by atoms with Crippen LogP contribution in [0.2, 0.25) is 0 Å². The summed E-state index contributed by atoms with van der Waals surface area (Å²) in [4.78, 5) is 29.2. The summed E-state index contributed by atoms with van der Waals surface area (Å²) in [6.07, 6.45) is 1.48. The largest absolute Gasteiger partial charge is 0.399 e. The first-order valence-electron chi connectivity index (χ1n) is 7.14. The number of hydrogen-bond acceptors (Lipinski definition) is 6. The molecular formula is C15H15N3O5S. The van der Waals surface area contributed by atoms with Crippen LogP contribution >= 0.6 is 0 Å². The van der Waals surface area contributed by atoms with Gasteiger partial charge in [-0.25, -0.2) is 8.42 Å². The van der Waals surface area contributed by atoms with E-state index in [0.29, 0.717) is 16.8 Å². The number of hydrogen-bond donors (Lipinski definition) is 2. The Kier molecular flexibility index (Phi) is 3.88. The first-order valence-corrected chi connectivity index (χ1v) is 8.79. The number of H-pyrrole nitrogens is 2. The van der Waals surface area contributed by atoms with Crippen molar-refractivity contribution in [2.45, 2.75) is 18.2 Å². The Balaban J connectivity index is 2.25. The van der Waals surface area contributed by atoms with E-state index in [-0.39, 0.29) is 28.2 Å². The number of aromatic amines is 2. The van der Waals surface area contributed by atoms with Crippen molar-refractivity contribution in [3.8, 4) is 0 Å². The monoisotopic (exact) mass is 349 g/mol. The van der Waals surface area contributed by atoms with E-state index in [0.717, 1.165) is 0 Å². The number of nitrogens with zero attached hydrogens (tertiary/aromatic N) is 1. The molecule has 1 aromatic heterocycles. The molecule has 1 aliphatic rings. The molecular weight excluding hydrogens is 334 g/mol. The fraction of sp³-hybridized carbons (Fsp3) is 0.267. The van der Waals surface area contributed by atoms with Crippen molar-refractivity contribution in [1.82, 2.24) is 10.2 Å². The molecule has 0 spiro atoms. The zero-order valence-electron chi connectivity index (χ0n) is 13.0. The van der Waals surface area contributed by atoms with Gasteiger partial charge >= 0.3 is 0 Å². The second kappa shape index (κ2) is 5.75. The summed E-state index contributed by atoms with van der Waals surface area (Å²) in [7, 11) is -2.07. The molecule has 8 nitrogen and oxygen atoms in total. The lowest BCUT2D eigenvalue weighted by molar-refractivity contribution is 0.103. The summed E-state index contributed by atoms with van der Waals surface area (Å²) in [6.45, 7) is 1.64. The van der Waals surface area contributed by atoms with E-state index < -0.39 is 21.2 Å². The second-order valence-electron chi connectivity index (χ2n) is 5.39. The Hall–Kier alpha value is -2.68. The molecule has 9 heteroatoms. The maximum Gasteiger partial charge on any atom is 0.275 e. The lowest BCUT2D eigenvalue weighted by atomic mass is 9.93. The minimum Gasteiger partial charge on any atom is -0.399 e. The van der Waals surface area contributed by atoms with Crippen LogP contribution in [0.5, 0.6) is 0 Å². The molecule has 0 amide bonds. The average Bonchev–Trinajstić information content (AvgIpc) is 2.96. The summed E-state index contributed by atoms with van der Waals surface area (Å²) in [5, 5.41) is 8.68. The van der Waals surface area contributed by atoms with E-state index in [9.17, 15) is 18.0 Å². The Bertz CT molecular complexity index is 1010. The van der Waals surface area contributed by atoms with Crippen LogP contribution < -0.4 is 5.56 Å². The van der Waals surface area contributed by atoms with Crippen LogP contribution in [0.3, 0.4) is 0 Å². The molecule has 0 saturated heterocycles. The zero-order valence-corrected chi connectivity index (χ0v) is 13.9. The standard InChI is InChI=1S/C15H15N3O5S/c1-8-9(14(19)10-7-16-17-15(10)20)3-4-12-13(8)11(18-23-2)5-6-24(12,21)22/h3-4,7H,5-6H2,1-2H3,(H2,16,17,20)/b18-11+. The van der Waals surface area contributed by atoms with Crippen LogP contribution in [0.15, 0.2) is 33.2 Å². The Morgan fingerprint density at radius 1 is 1.29 bits per heavy atom. The predicted octanol–water partition coefficient (Wildman–Crippen LogP) is 0.770. The van der Waals surface area contributed by atoms with Gasteiger partial charge in [-0.1, -0.05) is 5.16 Å². The number of benzene rings is 1. The number of carbonyl (C=O) groups excluding carboxylic acids is 1. The smallest absolute Gasteiger partial charge is 0.275 e. The molecule has 1 aliphatic heterocycles. The van der Waals surface area contributed by atoms with Crippen molar-refractivity contribution in [3.05, 3.63) is 50.9 Å². The van der Waals surface area contributed by atoms with Crippen LogP contribution in [0.1, 0.15) is 33.5 Å². The number of nitrogens with one attached hydrogen (secondary N) is 2. The molecule has 24 heavy (non-hydrogen) atoms. The summed E-state index contributed by atoms with van der Waals surface area (Å²) in [5.41, 5.74) is 0.979. The van der Waals surface area contributed by atoms with Crippen molar-refractivity contribution >= 4 is 21.3 Å². The molecule has 3 rings (SSSR count). The average molecular weight is 349 g/mol. The lowest BCUT2D eigenvalue weighted by Crippen LogP contribution is -2.25. The van der Waals surface area contributed by atoms with Gasteiger partial charge < -0.3 is 9.94 Å². The van der Waals surface area contributed by atoms with Crippen molar-refractivity contribution < 1.29 is 18.0 Å². The SMILES string of the molecule is CO/N=C1\CCS(=O)(=O)c2ccc(C(=O)c3c[nH][nH]c3=O)c(C)c21. The van der Waals surface area contributed by atoms with Crippen molar-refractivity contribution in [1.29, 1.82) is 0 Å². The minimum atomic E-state index is -3.44. The molecule has 2 aromatic rings. The fourth-order valence-electron chi connectivity index (χ4n) is 2.84. The molecule has 126 valence electrons. The quantitative estimate of drug-likeness (QED) is 0.626. The van der Waals surface area contributed by atoms with Crippen LogP contribution in [0, 0.1) is 6.92 Å². The Morgan fingerprint density at radius 2 is 2.04 bits per heavy atom. The summed E-state index contributed by atoms with van der Waals surface area (Å²) in [6, 6.07) is 2.81. The highest BCUT2D eigenvalue weighted by Gasteiger charge is 2.31. The molecule has 2 N–H and O–H groups in total. The molecule has 0 aliphatic carbocycles. The van der Waals surface area contributed by atoms with E-state index in [4.69, 9.17) is 4.84 Å². The number of rotatable bonds is 3. The number of oxime groups is 1. The van der Waals surface area contributed by atoms with Crippen LogP contribution in [0.25, 0.3) is 0 Å². The minimum absolute atomic E-state index is 0.0399. The normalized spacial score (nSPS) is 17.5. The summed E-state index contributed by atoms with van der Waals surface area (Å²) >= 11 is 0. The van der Waals surface area contributed by atoms with E-state index in [1.54, 1.807) is 6.92 Å². The molecule has 0 bridgehead atoms. The van der Waals surface area contributed by atoms with E-state index in [2.05, 4.69) is 15.4 Å². The highest BCUT2D eigenvalue weighted by atomic mass is 32.2. The van der Waals surface area contributed by atoms with E-state index in [1.165, 1.54) is 25.4 Å². The highest BCUT2D eigenvalue weighted by molar-refractivity contribution is 7.91. The van der Waals surface area contributed by atoms with Crippen molar-refractivity contribution in [3.63, 3.8) is 0 Å². The van der Waals surface area contributed by atoms with Gasteiger partial charge in [-0.2, -0.15) is 0 Å². The summed E-state index contributed by atoms with van der Waals surface area (Å²) < 4.78 is 24.6. The number of fused-ring (bicyclic) bond motifs is 1. The van der Waals surface area contributed by atoms with Gasteiger partial charge in [0.1, 0.15) is 12.7 Å². The second-order valence-corrected chi connectivity index (χ2v) is 7.46. The van der Waals surface area contributed by atoms with Gasteiger partial charge in [0, 0.05) is 23.7 Å². The molecule has 0 fully saturated rings. The van der Waals surface area contributed by atoms with Crippen molar-refractivity contribution in [2.75, 3.05) is 12.9 Å². The van der Waals surface area contributed by atoms with Crippen molar-refractivity contribution in [2.24, 2.45) is 5.16 Å². The van der Waals surface area contributed by atoms with Gasteiger partial charge in [-0.15, -0.1) is 0 Å². The van der Waals surface area contributed by atoms with Crippen LogP contribution in [0.4, 0.5) is 0 Å². The van der Waals surface area contributed by atoms with Crippen LogP contribution in [-0.2, 0) is 14.7 Å². The summed E-state index contributed by atoms with van der Waals surface area (Å²) in [5.74, 6) is -0.551. The Morgan fingerprint density at radius 3 is 2.67 bits per heavy atom. The topological polar surface area (TPSA) is 121 Å². The first kappa shape index (κ1) is 16.2. The highest BCUT2D eigenvalue weighted by Crippen LogP contribution is 2.30. The maximum atomic E-state index is 12.6. The lowest BCUT2D eigenvalue weighted by Gasteiger charge is -2.21. The van der Waals surface area contributed by atoms with Gasteiger partial charge in [0.05, 0.1) is 16.4 Å². The fourth-order valence-corrected chi connectivity index (χ4v) is 4.38. The van der Waals surface area contributed by atoms with Gasteiger partial charge in [0.15, 0.2) is 15.6 Å². The van der Waals surface area contributed by atoms with Gasteiger partial charge in [-0.3, -0.25) is 14.7 Å². The molecule has 1 aromatic carbocycles. The molecule has 0 saturated carbocycles. The number of ketones is 1. The third-order valence-corrected chi connectivity index (χ3v) is 5.75. The maximum absolute atomic E-state index is 12.6. The van der Waals surface area contributed by atoms with Gasteiger partial charge in [0.2, 0.25) is 0 Å². The molecule has 0 unspecified atom stereocenters. The predicted molar refractivity (Wildman–Crippen MR) is 86.2 cm³/mol.